The average Bonchev–Trinajstić information content (AvgIpc) is 3.37. The minimum absolute atomic E-state index is 0.0211. The molecule has 0 atom stereocenters. The number of benzene rings is 2. The van der Waals surface area contributed by atoms with Crippen LogP contribution in [0.15, 0.2) is 61.2 Å². The van der Waals surface area contributed by atoms with Gasteiger partial charge in [-0.15, -0.1) is 0 Å². The highest BCUT2D eigenvalue weighted by atomic mass is 19.1. The van der Waals surface area contributed by atoms with E-state index in [4.69, 9.17) is 5.26 Å². The largest absolute Gasteiger partial charge is 0.346 e. The van der Waals surface area contributed by atoms with Crippen molar-refractivity contribution >= 4 is 22.1 Å². The van der Waals surface area contributed by atoms with Gasteiger partial charge >= 0.3 is 0 Å². The van der Waals surface area contributed by atoms with E-state index in [1.54, 1.807) is 18.3 Å². The third kappa shape index (κ3) is 3.15. The Hall–Kier alpha value is -3.98. The Morgan fingerprint density at radius 1 is 1.00 bits per heavy atom. The van der Waals surface area contributed by atoms with E-state index in [0.29, 0.717) is 0 Å². The molecule has 5 nitrogen and oxygen atoms in total. The molecule has 0 spiro atoms. The van der Waals surface area contributed by atoms with Crippen LogP contribution in [-0.2, 0) is 5.54 Å². The van der Waals surface area contributed by atoms with Crippen LogP contribution in [0, 0.1) is 17.1 Å². The predicted octanol–water partition coefficient (Wildman–Crippen LogP) is 6.01. The van der Waals surface area contributed by atoms with Crippen molar-refractivity contribution in [1.29, 1.82) is 5.26 Å². The molecule has 6 heteroatoms. The van der Waals surface area contributed by atoms with Crippen molar-refractivity contribution in [3.05, 3.63) is 72.6 Å². The quantitative estimate of drug-likeness (QED) is 0.388. The molecule has 3 heterocycles. The Morgan fingerprint density at radius 2 is 1.81 bits per heavy atom. The molecule has 0 amide bonds. The average molecular weight is 409 g/mol. The van der Waals surface area contributed by atoms with Gasteiger partial charge in [-0.3, -0.25) is 0 Å². The fraction of sp³-hybridized carbons (Fsp3) is 0.160. The van der Waals surface area contributed by atoms with E-state index in [1.165, 1.54) is 6.07 Å². The summed E-state index contributed by atoms with van der Waals surface area (Å²) in [6, 6.07) is 14.7. The summed E-state index contributed by atoms with van der Waals surface area (Å²) in [5.74, 6) is -0.522. The van der Waals surface area contributed by atoms with Crippen LogP contribution in [-0.4, -0.2) is 19.5 Å². The maximum Gasteiger partial charge on any atom is 0.140 e. The van der Waals surface area contributed by atoms with Gasteiger partial charge in [0.2, 0.25) is 0 Å². The number of pyridine rings is 1. The minimum Gasteiger partial charge on any atom is -0.346 e. The zero-order chi connectivity index (χ0) is 21.8. The number of hydrogen-bond donors (Lipinski definition) is 1. The number of halogens is 1. The molecule has 5 aromatic rings. The molecular weight excluding hydrogens is 389 g/mol. The maximum atomic E-state index is 13.7. The Bertz CT molecular complexity index is 1490. The van der Waals surface area contributed by atoms with E-state index in [9.17, 15) is 4.39 Å². The highest BCUT2D eigenvalue weighted by molar-refractivity contribution is 5.97. The van der Waals surface area contributed by atoms with Crippen molar-refractivity contribution in [3.63, 3.8) is 0 Å². The van der Waals surface area contributed by atoms with Crippen molar-refractivity contribution < 1.29 is 4.39 Å². The van der Waals surface area contributed by atoms with Crippen molar-refractivity contribution in [2.45, 2.75) is 26.3 Å². The number of H-pyrrole nitrogens is 1. The van der Waals surface area contributed by atoms with E-state index in [-0.39, 0.29) is 11.1 Å². The maximum absolute atomic E-state index is 13.7. The first-order chi connectivity index (χ1) is 14.8. The molecule has 0 saturated carbocycles. The van der Waals surface area contributed by atoms with Crippen LogP contribution in [0.2, 0.25) is 0 Å². The lowest BCUT2D eigenvalue weighted by Gasteiger charge is -2.21. The second-order valence-corrected chi connectivity index (χ2v) is 8.62. The zero-order valence-corrected chi connectivity index (χ0v) is 17.4. The summed E-state index contributed by atoms with van der Waals surface area (Å²) < 4.78 is 15.9. The predicted molar refractivity (Wildman–Crippen MR) is 120 cm³/mol. The molecule has 3 aromatic heterocycles. The van der Waals surface area contributed by atoms with Crippen molar-refractivity contribution in [3.8, 4) is 28.3 Å². The van der Waals surface area contributed by atoms with Gasteiger partial charge in [0.15, 0.2) is 0 Å². The third-order valence-corrected chi connectivity index (χ3v) is 5.53. The summed E-state index contributed by atoms with van der Waals surface area (Å²) in [6.07, 6.45) is 5.56. The third-order valence-electron chi connectivity index (χ3n) is 5.53. The molecule has 1 N–H and O–H groups in total. The fourth-order valence-electron chi connectivity index (χ4n) is 3.90. The topological polar surface area (TPSA) is 70.3 Å². The summed E-state index contributed by atoms with van der Waals surface area (Å²) in [7, 11) is 0. The molecule has 2 aromatic carbocycles. The number of imidazole rings is 1. The number of hydrogen-bond acceptors (Lipinski definition) is 3. The van der Waals surface area contributed by atoms with Gasteiger partial charge < -0.3 is 9.55 Å². The second kappa shape index (κ2) is 6.78. The first kappa shape index (κ1) is 19.0. The van der Waals surface area contributed by atoms with Crippen LogP contribution < -0.4 is 0 Å². The number of nitrogens with zero attached hydrogens (tertiary/aromatic N) is 4. The van der Waals surface area contributed by atoms with Gasteiger partial charge in [-0.2, -0.15) is 5.26 Å². The van der Waals surface area contributed by atoms with Crippen LogP contribution in [0.3, 0.4) is 0 Å². The molecule has 0 bridgehead atoms. The molecule has 152 valence electrons. The summed E-state index contributed by atoms with van der Waals surface area (Å²) in [6.45, 7) is 6.46. The molecular formula is C25H20FN5. The van der Waals surface area contributed by atoms with Gasteiger partial charge in [0.05, 0.1) is 22.9 Å². The lowest BCUT2D eigenvalue weighted by Crippen LogP contribution is -2.20. The van der Waals surface area contributed by atoms with E-state index in [1.807, 2.05) is 30.7 Å². The Balaban J connectivity index is 1.66. The van der Waals surface area contributed by atoms with Crippen LogP contribution in [0.5, 0.6) is 0 Å². The zero-order valence-electron chi connectivity index (χ0n) is 17.4. The van der Waals surface area contributed by atoms with Crippen LogP contribution in [0.25, 0.3) is 44.3 Å². The SMILES string of the molecule is CC(C)(C)n1cnc2ccc(-c3c[nH]c4ncc(-c5ccc(F)c(C#N)c5)cc34)cc21. The van der Waals surface area contributed by atoms with Crippen molar-refractivity contribution in [1.82, 2.24) is 19.5 Å². The molecule has 0 aliphatic heterocycles. The van der Waals surface area contributed by atoms with E-state index >= 15 is 0 Å². The number of aromatic amines is 1. The van der Waals surface area contributed by atoms with E-state index in [2.05, 4.69) is 52.4 Å². The van der Waals surface area contributed by atoms with E-state index < -0.39 is 5.82 Å². The lowest BCUT2D eigenvalue weighted by atomic mass is 10.0. The Kier molecular flexibility index (Phi) is 4.16. The lowest BCUT2D eigenvalue weighted by molar-refractivity contribution is 0.408. The summed E-state index contributed by atoms with van der Waals surface area (Å²) >= 11 is 0. The number of rotatable bonds is 2. The smallest absolute Gasteiger partial charge is 0.140 e. The van der Waals surface area contributed by atoms with Gasteiger partial charge in [0.1, 0.15) is 17.5 Å². The number of fused-ring (bicyclic) bond motifs is 2. The van der Waals surface area contributed by atoms with Gasteiger partial charge in [0.25, 0.3) is 0 Å². The molecule has 5 rings (SSSR count). The Morgan fingerprint density at radius 3 is 2.58 bits per heavy atom. The van der Waals surface area contributed by atoms with E-state index in [0.717, 1.165) is 44.3 Å². The van der Waals surface area contributed by atoms with Gasteiger partial charge in [-0.25, -0.2) is 14.4 Å². The molecule has 0 fully saturated rings. The van der Waals surface area contributed by atoms with Gasteiger partial charge in [-0.1, -0.05) is 12.1 Å². The first-order valence-electron chi connectivity index (χ1n) is 10.0. The minimum atomic E-state index is -0.522. The molecule has 0 aliphatic rings. The highest BCUT2D eigenvalue weighted by Gasteiger charge is 2.17. The number of nitriles is 1. The van der Waals surface area contributed by atoms with Crippen LogP contribution in [0.1, 0.15) is 26.3 Å². The molecule has 0 unspecified atom stereocenters. The van der Waals surface area contributed by atoms with Crippen molar-refractivity contribution in [2.24, 2.45) is 0 Å². The van der Waals surface area contributed by atoms with Gasteiger partial charge in [0, 0.05) is 34.4 Å². The molecule has 0 aliphatic carbocycles. The fourth-order valence-corrected chi connectivity index (χ4v) is 3.90. The van der Waals surface area contributed by atoms with Gasteiger partial charge in [-0.05, 0) is 62.2 Å². The van der Waals surface area contributed by atoms with Crippen LogP contribution in [0.4, 0.5) is 4.39 Å². The summed E-state index contributed by atoms with van der Waals surface area (Å²) in [5, 5.41) is 10.1. The summed E-state index contributed by atoms with van der Waals surface area (Å²) in [4.78, 5) is 12.3. The molecule has 31 heavy (non-hydrogen) atoms. The first-order valence-corrected chi connectivity index (χ1v) is 10.0. The number of aromatic nitrogens is 4. The van der Waals surface area contributed by atoms with Crippen LogP contribution >= 0.6 is 0 Å². The second-order valence-electron chi connectivity index (χ2n) is 8.62. The standard InChI is InChI=1S/C25H20FN5/c1-25(2,3)31-14-30-22-7-5-16(10-23(22)31)20-13-29-24-19(20)9-18(12-28-24)15-4-6-21(26)17(8-15)11-27/h4-10,12-14H,1-3H3,(H,28,29). The molecule has 0 saturated heterocycles. The molecule has 0 radical (unpaired) electrons. The number of nitrogens with one attached hydrogen (secondary N) is 1. The highest BCUT2D eigenvalue weighted by Crippen LogP contribution is 2.33. The monoisotopic (exact) mass is 409 g/mol. The van der Waals surface area contributed by atoms with Crippen molar-refractivity contribution in [2.75, 3.05) is 0 Å². The summed E-state index contributed by atoms with van der Waals surface area (Å²) in [5.41, 5.74) is 6.39. The Labute approximate surface area is 178 Å². The normalized spacial score (nSPS) is 11.8.